The number of amides is 1. The molecule has 154 valence electrons. The molecule has 0 radical (unpaired) electrons. The van der Waals surface area contributed by atoms with E-state index in [1.54, 1.807) is 31.4 Å². The zero-order chi connectivity index (χ0) is 20.1. The highest BCUT2D eigenvalue weighted by molar-refractivity contribution is 6.04. The summed E-state index contributed by atoms with van der Waals surface area (Å²) in [6.45, 7) is 2.20. The molecule has 1 amide bonds. The lowest BCUT2D eigenvalue weighted by Gasteiger charge is -2.35. The van der Waals surface area contributed by atoms with Crippen molar-refractivity contribution in [3.05, 3.63) is 59.7 Å². The van der Waals surface area contributed by atoms with E-state index < -0.39 is 0 Å². The molecule has 29 heavy (non-hydrogen) atoms. The number of nitrogens with one attached hydrogen (secondary N) is 2. The fourth-order valence-corrected chi connectivity index (χ4v) is 4.01. The monoisotopic (exact) mass is 396 g/mol. The van der Waals surface area contributed by atoms with E-state index in [4.69, 9.17) is 14.2 Å². The maximum Gasteiger partial charge on any atom is 0.255 e. The lowest BCUT2D eigenvalue weighted by molar-refractivity contribution is -0.179. The highest BCUT2D eigenvalue weighted by atomic mass is 16.7. The third-order valence-corrected chi connectivity index (χ3v) is 5.69. The van der Waals surface area contributed by atoms with Crippen molar-refractivity contribution in [1.29, 1.82) is 0 Å². The van der Waals surface area contributed by atoms with Crippen LogP contribution in [0, 0.1) is 0 Å². The van der Waals surface area contributed by atoms with E-state index in [1.165, 1.54) is 0 Å². The van der Waals surface area contributed by atoms with Gasteiger partial charge in [-0.05, 0) is 54.8 Å². The van der Waals surface area contributed by atoms with Gasteiger partial charge in [0.05, 0.1) is 20.3 Å². The van der Waals surface area contributed by atoms with Crippen molar-refractivity contribution < 1.29 is 19.0 Å². The summed E-state index contributed by atoms with van der Waals surface area (Å²) in [6, 6.07) is 15.5. The predicted molar refractivity (Wildman–Crippen MR) is 111 cm³/mol. The lowest BCUT2D eigenvalue weighted by atomic mass is 9.90. The molecule has 2 aromatic rings. The predicted octanol–water partition coefficient (Wildman–Crippen LogP) is 3.72. The number of carbonyl (C=O) groups excluding carboxylic acids is 1. The number of ether oxygens (including phenoxy) is 3. The normalized spacial score (nSPS) is 18.7. The van der Waals surface area contributed by atoms with Crippen LogP contribution in [0.1, 0.15) is 41.6 Å². The highest BCUT2D eigenvalue weighted by Crippen LogP contribution is 2.35. The molecule has 6 heteroatoms. The van der Waals surface area contributed by atoms with Gasteiger partial charge in [0.1, 0.15) is 5.75 Å². The average Bonchev–Trinajstić information content (AvgIpc) is 3.22. The average molecular weight is 396 g/mol. The number of anilines is 1. The standard InChI is InChI=1S/C23H28N2O4/c1-27-21-7-5-18(6-8-21)22(26)25-20-4-2-3-17(15-20)16-24-19-9-11-23(12-10-19)28-13-14-29-23/h2-8,15,19,24H,9-14,16H2,1H3,(H,25,26). The van der Waals surface area contributed by atoms with E-state index >= 15 is 0 Å². The van der Waals surface area contributed by atoms with E-state index in [-0.39, 0.29) is 11.7 Å². The van der Waals surface area contributed by atoms with Crippen molar-refractivity contribution in [1.82, 2.24) is 5.32 Å². The third-order valence-electron chi connectivity index (χ3n) is 5.69. The van der Waals surface area contributed by atoms with Crippen LogP contribution < -0.4 is 15.4 Å². The Morgan fingerprint density at radius 3 is 2.52 bits per heavy atom. The summed E-state index contributed by atoms with van der Waals surface area (Å²) in [6.07, 6.45) is 3.99. The largest absolute Gasteiger partial charge is 0.497 e. The van der Waals surface area contributed by atoms with Crippen LogP contribution in [0.15, 0.2) is 48.5 Å². The van der Waals surface area contributed by atoms with Crippen molar-refractivity contribution in [2.75, 3.05) is 25.6 Å². The van der Waals surface area contributed by atoms with Crippen molar-refractivity contribution in [3.8, 4) is 5.75 Å². The van der Waals surface area contributed by atoms with Crippen LogP contribution in [-0.2, 0) is 16.0 Å². The third kappa shape index (κ3) is 4.96. The summed E-state index contributed by atoms with van der Waals surface area (Å²) in [7, 11) is 1.61. The minimum absolute atomic E-state index is 0.132. The van der Waals surface area contributed by atoms with Crippen LogP contribution in [-0.4, -0.2) is 38.1 Å². The molecule has 2 aliphatic rings. The van der Waals surface area contributed by atoms with Gasteiger partial charge in [0, 0.05) is 36.7 Å². The SMILES string of the molecule is COc1ccc(C(=O)Nc2cccc(CNC3CCC4(CC3)OCCO4)c2)cc1. The Hall–Kier alpha value is -2.41. The van der Waals surface area contributed by atoms with Crippen LogP contribution in [0.3, 0.4) is 0 Å². The molecule has 0 aromatic heterocycles. The van der Waals surface area contributed by atoms with Crippen molar-refractivity contribution >= 4 is 11.6 Å². The summed E-state index contributed by atoms with van der Waals surface area (Å²) in [5.41, 5.74) is 2.54. The Morgan fingerprint density at radius 1 is 1.10 bits per heavy atom. The molecule has 1 aliphatic carbocycles. The Bertz CT molecular complexity index is 821. The Kier molecular flexibility index (Phi) is 6.13. The molecule has 6 nitrogen and oxygen atoms in total. The molecule has 0 bridgehead atoms. The van der Waals surface area contributed by atoms with E-state index in [2.05, 4.69) is 16.7 Å². The van der Waals surface area contributed by atoms with Gasteiger partial charge in [0.15, 0.2) is 5.79 Å². The van der Waals surface area contributed by atoms with Crippen LogP contribution in [0.2, 0.25) is 0 Å². The fraction of sp³-hybridized carbons (Fsp3) is 0.435. The van der Waals surface area contributed by atoms with E-state index in [0.717, 1.165) is 49.2 Å². The van der Waals surface area contributed by atoms with Crippen LogP contribution in [0.4, 0.5) is 5.69 Å². The summed E-state index contributed by atoms with van der Waals surface area (Å²) in [5, 5.41) is 6.60. The molecule has 1 spiro atoms. The molecule has 1 saturated heterocycles. The van der Waals surface area contributed by atoms with Crippen LogP contribution >= 0.6 is 0 Å². The first-order valence-corrected chi connectivity index (χ1v) is 10.2. The number of methoxy groups -OCH3 is 1. The Labute approximate surface area is 171 Å². The van der Waals surface area contributed by atoms with Gasteiger partial charge in [-0.2, -0.15) is 0 Å². The molecule has 1 saturated carbocycles. The van der Waals surface area contributed by atoms with Gasteiger partial charge in [-0.1, -0.05) is 12.1 Å². The molecular formula is C23H28N2O4. The summed E-state index contributed by atoms with van der Waals surface area (Å²) in [4.78, 5) is 12.5. The van der Waals surface area contributed by atoms with Crippen LogP contribution in [0.25, 0.3) is 0 Å². The number of hydrogen-bond donors (Lipinski definition) is 2. The topological polar surface area (TPSA) is 68.8 Å². The second-order valence-corrected chi connectivity index (χ2v) is 7.65. The quantitative estimate of drug-likeness (QED) is 0.779. The first kappa shape index (κ1) is 19.9. The van der Waals surface area contributed by atoms with Gasteiger partial charge in [0.2, 0.25) is 0 Å². The number of benzene rings is 2. The second-order valence-electron chi connectivity index (χ2n) is 7.65. The van der Waals surface area contributed by atoms with E-state index in [1.807, 2.05) is 18.2 Å². The summed E-state index contributed by atoms with van der Waals surface area (Å²) < 4.78 is 16.7. The summed E-state index contributed by atoms with van der Waals surface area (Å²) >= 11 is 0. The maximum atomic E-state index is 12.5. The molecule has 1 aliphatic heterocycles. The second kappa shape index (κ2) is 8.95. The van der Waals surface area contributed by atoms with Gasteiger partial charge in [-0.15, -0.1) is 0 Å². The van der Waals surface area contributed by atoms with E-state index in [9.17, 15) is 4.79 Å². The number of rotatable bonds is 6. The van der Waals surface area contributed by atoms with Crippen molar-refractivity contribution in [2.45, 2.75) is 44.1 Å². The summed E-state index contributed by atoms with van der Waals surface area (Å²) in [5.74, 6) is 0.283. The molecule has 2 N–H and O–H groups in total. The molecule has 2 fully saturated rings. The zero-order valence-electron chi connectivity index (χ0n) is 16.8. The minimum atomic E-state index is -0.316. The molecule has 4 rings (SSSR count). The molecule has 0 unspecified atom stereocenters. The van der Waals surface area contributed by atoms with Crippen molar-refractivity contribution in [2.24, 2.45) is 0 Å². The first-order valence-electron chi connectivity index (χ1n) is 10.2. The van der Waals surface area contributed by atoms with Gasteiger partial charge in [0.25, 0.3) is 5.91 Å². The first-order chi connectivity index (χ1) is 14.2. The van der Waals surface area contributed by atoms with Crippen molar-refractivity contribution in [3.63, 3.8) is 0 Å². The molecule has 1 heterocycles. The van der Waals surface area contributed by atoms with Gasteiger partial charge in [-0.25, -0.2) is 0 Å². The minimum Gasteiger partial charge on any atom is -0.497 e. The van der Waals surface area contributed by atoms with Gasteiger partial charge >= 0.3 is 0 Å². The number of carbonyl (C=O) groups is 1. The zero-order valence-corrected chi connectivity index (χ0v) is 16.8. The smallest absolute Gasteiger partial charge is 0.255 e. The maximum absolute atomic E-state index is 12.5. The molecule has 2 aromatic carbocycles. The Balaban J connectivity index is 1.28. The van der Waals surface area contributed by atoms with Gasteiger partial charge in [-0.3, -0.25) is 4.79 Å². The molecule has 0 atom stereocenters. The van der Waals surface area contributed by atoms with Crippen LogP contribution in [0.5, 0.6) is 5.75 Å². The lowest BCUT2D eigenvalue weighted by Crippen LogP contribution is -2.41. The molecular weight excluding hydrogens is 368 g/mol. The highest BCUT2D eigenvalue weighted by Gasteiger charge is 2.40. The fourth-order valence-electron chi connectivity index (χ4n) is 4.01. The number of hydrogen-bond acceptors (Lipinski definition) is 5. The van der Waals surface area contributed by atoms with Gasteiger partial charge < -0.3 is 24.8 Å². The van der Waals surface area contributed by atoms with E-state index in [0.29, 0.717) is 24.8 Å². The Morgan fingerprint density at radius 2 is 1.83 bits per heavy atom.